The first kappa shape index (κ1) is 17.2. The first-order valence-corrected chi connectivity index (χ1v) is 6.45. The first-order chi connectivity index (χ1) is 9.98. The van der Waals surface area contributed by atoms with Gasteiger partial charge in [0.25, 0.3) is 0 Å². The first-order valence-electron chi connectivity index (χ1n) is 6.45. The van der Waals surface area contributed by atoms with Gasteiger partial charge in [-0.1, -0.05) is 0 Å². The monoisotopic (exact) mass is 324 g/mol. The molecule has 0 saturated carbocycles. The van der Waals surface area contributed by atoms with Gasteiger partial charge in [-0.05, 0) is 27.7 Å². The largest absolute Gasteiger partial charge is 0.640 e. The summed E-state index contributed by atoms with van der Waals surface area (Å²) in [5, 5.41) is 0. The second-order valence-corrected chi connectivity index (χ2v) is 5.90. The fourth-order valence-electron chi connectivity index (χ4n) is 1.79. The van der Waals surface area contributed by atoms with Crippen molar-refractivity contribution in [1.29, 1.82) is 0 Å². The lowest BCUT2D eigenvalue weighted by Gasteiger charge is -2.31. The van der Waals surface area contributed by atoms with Crippen molar-refractivity contribution >= 4 is 7.32 Å². The van der Waals surface area contributed by atoms with Gasteiger partial charge in [-0.3, -0.25) is 0 Å². The van der Waals surface area contributed by atoms with Crippen LogP contribution in [0.1, 0.15) is 33.3 Å². The van der Waals surface area contributed by atoms with E-state index in [1.807, 2.05) is 0 Å². The Morgan fingerprint density at radius 2 is 1.14 bits per heavy atom. The molecule has 1 aliphatic rings. The molecule has 1 fully saturated rings. The van der Waals surface area contributed by atoms with E-state index in [1.54, 1.807) is 27.7 Å². The van der Waals surface area contributed by atoms with Crippen LogP contribution in [0.4, 0.5) is 22.0 Å². The fourth-order valence-corrected chi connectivity index (χ4v) is 1.79. The Morgan fingerprint density at radius 1 is 0.773 bits per heavy atom. The molecule has 22 heavy (non-hydrogen) atoms. The predicted molar refractivity (Wildman–Crippen MR) is 67.1 cm³/mol. The van der Waals surface area contributed by atoms with Crippen LogP contribution in [0, 0.1) is 29.1 Å². The van der Waals surface area contributed by atoms with Crippen LogP contribution in [0.2, 0.25) is 0 Å². The third-order valence-corrected chi connectivity index (χ3v) is 3.90. The van der Waals surface area contributed by atoms with E-state index in [9.17, 15) is 22.0 Å². The van der Waals surface area contributed by atoms with Crippen LogP contribution in [0.15, 0.2) is 0 Å². The van der Waals surface area contributed by atoms with Crippen molar-refractivity contribution in [2.45, 2.75) is 45.5 Å². The molecule has 0 aliphatic carbocycles. The molecule has 0 atom stereocenters. The molecule has 0 unspecified atom stereocenters. The summed E-state index contributed by atoms with van der Waals surface area (Å²) in [6, 6.07) is 0. The van der Waals surface area contributed by atoms with Crippen molar-refractivity contribution in [1.82, 2.24) is 0 Å². The highest BCUT2D eigenvalue weighted by Crippen LogP contribution is 2.37. The molecule has 2 rings (SSSR count). The number of hydrogen-bond acceptors (Lipinski definition) is 3. The zero-order chi connectivity index (χ0) is 16.9. The van der Waals surface area contributed by atoms with Gasteiger partial charge in [-0.2, -0.15) is 0 Å². The van der Waals surface area contributed by atoms with Gasteiger partial charge in [-0.15, -0.1) is 0 Å². The molecule has 122 valence electrons. The highest BCUT2D eigenvalue weighted by atomic mass is 19.2. The highest BCUT2D eigenvalue weighted by molar-refractivity contribution is 6.37. The lowest BCUT2D eigenvalue weighted by molar-refractivity contribution is 0.00578. The average molecular weight is 324 g/mol. The molecule has 1 aliphatic heterocycles. The average Bonchev–Trinajstić information content (AvgIpc) is 2.62. The van der Waals surface area contributed by atoms with E-state index in [0.717, 1.165) is 0 Å². The Bertz CT molecular complexity index is 561. The summed E-state index contributed by atoms with van der Waals surface area (Å²) in [6.45, 7) is 5.98. The van der Waals surface area contributed by atoms with Crippen LogP contribution in [0.3, 0.4) is 0 Å². The van der Waals surface area contributed by atoms with Crippen molar-refractivity contribution < 1.29 is 35.9 Å². The van der Waals surface area contributed by atoms with Gasteiger partial charge in [0.05, 0.1) is 23.4 Å². The smallest absolute Gasteiger partial charge is 0.381 e. The van der Waals surface area contributed by atoms with Gasteiger partial charge in [-0.25, -0.2) is 22.0 Å². The van der Waals surface area contributed by atoms with Gasteiger partial charge >= 0.3 is 7.32 Å². The maximum absolute atomic E-state index is 13.5. The highest BCUT2D eigenvalue weighted by Gasteiger charge is 2.53. The molecule has 0 N–H and O–H groups in total. The summed E-state index contributed by atoms with van der Waals surface area (Å²) in [4.78, 5) is 0. The van der Waals surface area contributed by atoms with Crippen molar-refractivity contribution in [2.24, 2.45) is 0 Å². The second kappa shape index (κ2) is 5.47. The van der Waals surface area contributed by atoms with Crippen LogP contribution >= 0.6 is 0 Å². The van der Waals surface area contributed by atoms with Crippen molar-refractivity contribution in [2.75, 3.05) is 0 Å². The minimum atomic E-state index is -2.21. The van der Waals surface area contributed by atoms with Crippen LogP contribution in [-0.4, -0.2) is 18.5 Å². The van der Waals surface area contributed by atoms with Crippen molar-refractivity contribution in [3.05, 3.63) is 34.6 Å². The minimum Gasteiger partial charge on any atom is -0.381 e. The zero-order valence-electron chi connectivity index (χ0n) is 12.4. The summed E-state index contributed by atoms with van der Waals surface area (Å²) in [5.74, 6) is -10.1. The molecule has 0 spiro atoms. The lowest BCUT2D eigenvalue weighted by Crippen LogP contribution is -2.41. The van der Waals surface area contributed by atoms with E-state index in [2.05, 4.69) is 0 Å². The van der Waals surface area contributed by atoms with Gasteiger partial charge < -0.3 is 14.0 Å². The van der Waals surface area contributed by atoms with Gasteiger partial charge in [0.1, 0.15) is 0 Å². The molecular weight excluding hydrogens is 310 g/mol. The standard InChI is InChI=1S/C13H14BF5O3/c1-12(2)13(3,4)22-14(21-12)20-5-6-7(15)9(17)11(19)10(18)8(6)16/h5H2,1-4H3. The Kier molecular flexibility index (Phi) is 4.27. The van der Waals surface area contributed by atoms with E-state index < -0.39 is 59.8 Å². The van der Waals surface area contributed by atoms with E-state index in [-0.39, 0.29) is 0 Å². The Balaban J connectivity index is 2.18. The number of rotatable bonds is 3. The van der Waals surface area contributed by atoms with E-state index in [0.29, 0.717) is 0 Å². The van der Waals surface area contributed by atoms with Gasteiger partial charge in [0.2, 0.25) is 5.82 Å². The van der Waals surface area contributed by atoms with Crippen LogP contribution < -0.4 is 0 Å². The molecule has 1 heterocycles. The summed E-state index contributed by atoms with van der Waals surface area (Å²) in [6.07, 6.45) is 0. The summed E-state index contributed by atoms with van der Waals surface area (Å²) >= 11 is 0. The molecule has 1 saturated heterocycles. The molecular formula is C13H14BF5O3. The molecule has 0 amide bonds. The minimum absolute atomic E-state index is 0.756. The third-order valence-electron chi connectivity index (χ3n) is 3.90. The van der Waals surface area contributed by atoms with Gasteiger partial charge in [0, 0.05) is 0 Å². The normalized spacial score (nSPS) is 19.8. The van der Waals surface area contributed by atoms with E-state index >= 15 is 0 Å². The Hall–Kier alpha value is -1.19. The summed E-state index contributed by atoms with van der Waals surface area (Å²) in [5.41, 5.74) is -2.59. The molecule has 0 bridgehead atoms. The number of halogens is 5. The molecule has 3 nitrogen and oxygen atoms in total. The predicted octanol–water partition coefficient (Wildman–Crippen LogP) is 3.49. The second-order valence-electron chi connectivity index (χ2n) is 5.90. The molecule has 1 aromatic rings. The Labute approximate surface area is 124 Å². The molecule has 0 aromatic heterocycles. The maximum Gasteiger partial charge on any atom is 0.640 e. The molecule has 9 heteroatoms. The topological polar surface area (TPSA) is 27.7 Å². The summed E-state index contributed by atoms with van der Waals surface area (Å²) < 4.78 is 81.9. The maximum atomic E-state index is 13.5. The number of hydrogen-bond donors (Lipinski definition) is 0. The van der Waals surface area contributed by atoms with Crippen LogP contribution in [0.5, 0.6) is 0 Å². The van der Waals surface area contributed by atoms with Crippen LogP contribution in [-0.2, 0) is 20.6 Å². The van der Waals surface area contributed by atoms with E-state index in [1.165, 1.54) is 0 Å². The van der Waals surface area contributed by atoms with Crippen molar-refractivity contribution in [3.8, 4) is 0 Å². The molecule has 0 radical (unpaired) electrons. The summed E-state index contributed by atoms with van der Waals surface area (Å²) in [7, 11) is -1.28. The van der Waals surface area contributed by atoms with E-state index in [4.69, 9.17) is 14.0 Å². The van der Waals surface area contributed by atoms with Gasteiger partial charge in [0.15, 0.2) is 23.3 Å². The zero-order valence-corrected chi connectivity index (χ0v) is 12.4. The molecule has 1 aromatic carbocycles. The van der Waals surface area contributed by atoms with Crippen molar-refractivity contribution in [3.63, 3.8) is 0 Å². The fraction of sp³-hybridized carbons (Fsp3) is 0.538. The Morgan fingerprint density at radius 3 is 1.55 bits per heavy atom. The lowest BCUT2D eigenvalue weighted by atomic mass is 9.90. The SMILES string of the molecule is CC1(C)OB(OCc2c(F)c(F)c(F)c(F)c2F)OC1(C)C. The number of benzene rings is 1. The quantitative estimate of drug-likeness (QED) is 0.369. The van der Waals surface area contributed by atoms with Crippen LogP contribution in [0.25, 0.3) is 0 Å². The third kappa shape index (κ3) is 2.72.